The second kappa shape index (κ2) is 9.18. The Labute approximate surface area is 167 Å². The van der Waals surface area contributed by atoms with Gasteiger partial charge in [-0.05, 0) is 49.2 Å². The van der Waals surface area contributed by atoms with Gasteiger partial charge in [0, 0.05) is 6.42 Å². The first-order valence-electron chi connectivity index (χ1n) is 9.41. The summed E-state index contributed by atoms with van der Waals surface area (Å²) in [5.41, 5.74) is 0.837. The number of amides is 4. The molecule has 0 bridgehead atoms. The number of para-hydroxylation sites is 2. The van der Waals surface area contributed by atoms with E-state index in [1.165, 1.54) is 24.3 Å². The molecular formula is C21H22FN3O4. The molecule has 1 aliphatic rings. The third-order valence-electron chi connectivity index (χ3n) is 4.39. The summed E-state index contributed by atoms with van der Waals surface area (Å²) in [4.78, 5) is 38.0. The maximum absolute atomic E-state index is 13.1. The number of anilines is 2. The normalized spacial score (nSPS) is 15.9. The van der Waals surface area contributed by atoms with Gasteiger partial charge < -0.3 is 15.4 Å². The fraction of sp³-hybridized carbons (Fsp3) is 0.286. The molecule has 1 fully saturated rings. The molecule has 1 aliphatic heterocycles. The van der Waals surface area contributed by atoms with Crippen LogP contribution in [0.3, 0.4) is 0 Å². The zero-order valence-corrected chi connectivity index (χ0v) is 16.0. The van der Waals surface area contributed by atoms with Crippen LogP contribution in [0.15, 0.2) is 48.5 Å². The third kappa shape index (κ3) is 4.90. The maximum atomic E-state index is 13.1. The molecule has 7 nitrogen and oxygen atoms in total. The van der Waals surface area contributed by atoms with Crippen LogP contribution in [0.5, 0.6) is 5.75 Å². The second-order valence-corrected chi connectivity index (χ2v) is 6.58. The van der Waals surface area contributed by atoms with Gasteiger partial charge in [-0.1, -0.05) is 19.1 Å². The van der Waals surface area contributed by atoms with Crippen LogP contribution < -0.4 is 20.3 Å². The molecule has 0 spiro atoms. The molecule has 0 aromatic heterocycles. The van der Waals surface area contributed by atoms with E-state index in [2.05, 4.69) is 10.6 Å². The van der Waals surface area contributed by atoms with Gasteiger partial charge in [0.1, 0.15) is 17.6 Å². The smallest absolute Gasteiger partial charge is 0.329 e. The van der Waals surface area contributed by atoms with Crippen LogP contribution in [0.1, 0.15) is 26.2 Å². The summed E-state index contributed by atoms with van der Waals surface area (Å²) in [7, 11) is 0. The summed E-state index contributed by atoms with van der Waals surface area (Å²) in [6, 6.07) is 10.8. The summed E-state index contributed by atoms with van der Waals surface area (Å²) in [6.07, 6.45) is 1.03. The zero-order chi connectivity index (χ0) is 20.8. The number of ether oxygens (including phenoxy) is 1. The topological polar surface area (TPSA) is 87.7 Å². The Morgan fingerprint density at radius 2 is 1.90 bits per heavy atom. The molecule has 1 atom stereocenters. The molecule has 4 amide bonds. The van der Waals surface area contributed by atoms with E-state index in [4.69, 9.17) is 4.74 Å². The zero-order valence-electron chi connectivity index (χ0n) is 16.0. The van der Waals surface area contributed by atoms with Crippen molar-refractivity contribution in [3.05, 3.63) is 54.3 Å². The highest BCUT2D eigenvalue weighted by atomic mass is 19.1. The molecule has 2 N–H and O–H groups in total. The Morgan fingerprint density at radius 3 is 2.62 bits per heavy atom. The minimum Gasteiger partial charge on any atom is -0.491 e. The van der Waals surface area contributed by atoms with Gasteiger partial charge in [-0.25, -0.2) is 14.1 Å². The first-order chi connectivity index (χ1) is 14.0. The molecule has 1 saturated heterocycles. The molecule has 8 heteroatoms. The fourth-order valence-electron chi connectivity index (χ4n) is 2.96. The molecule has 152 valence electrons. The Kier molecular flexibility index (Phi) is 6.43. The van der Waals surface area contributed by atoms with E-state index in [0.717, 1.165) is 11.3 Å². The SMILES string of the molecule is CCCOc1ccccc1NC(=O)CC[C@@H]1NC(=O)N(c2ccc(F)cc2)C1=O. The van der Waals surface area contributed by atoms with E-state index in [1.54, 1.807) is 18.2 Å². The van der Waals surface area contributed by atoms with Crippen molar-refractivity contribution >= 4 is 29.2 Å². The van der Waals surface area contributed by atoms with Crippen molar-refractivity contribution in [2.45, 2.75) is 32.2 Å². The van der Waals surface area contributed by atoms with Gasteiger partial charge in [-0.15, -0.1) is 0 Å². The number of benzene rings is 2. The minimum atomic E-state index is -0.815. The number of rotatable bonds is 8. The summed E-state index contributed by atoms with van der Waals surface area (Å²) < 4.78 is 18.7. The van der Waals surface area contributed by atoms with E-state index in [9.17, 15) is 18.8 Å². The quantitative estimate of drug-likeness (QED) is 0.666. The van der Waals surface area contributed by atoms with Gasteiger partial charge in [0.15, 0.2) is 0 Å². The van der Waals surface area contributed by atoms with E-state index in [-0.39, 0.29) is 24.4 Å². The Hall–Kier alpha value is -3.42. The summed E-state index contributed by atoms with van der Waals surface area (Å²) in [6.45, 7) is 2.53. The average Bonchev–Trinajstić information content (AvgIpc) is 3.00. The largest absolute Gasteiger partial charge is 0.491 e. The summed E-state index contributed by atoms with van der Waals surface area (Å²) in [5.74, 6) is -0.645. The van der Waals surface area contributed by atoms with Crippen molar-refractivity contribution in [2.24, 2.45) is 0 Å². The van der Waals surface area contributed by atoms with E-state index in [1.807, 2.05) is 13.0 Å². The van der Waals surface area contributed by atoms with Crippen molar-refractivity contribution < 1.29 is 23.5 Å². The second-order valence-electron chi connectivity index (χ2n) is 6.58. The lowest BCUT2D eigenvalue weighted by Gasteiger charge is -2.13. The average molecular weight is 399 g/mol. The van der Waals surface area contributed by atoms with E-state index in [0.29, 0.717) is 18.0 Å². The lowest BCUT2D eigenvalue weighted by molar-refractivity contribution is -0.119. The molecule has 0 aliphatic carbocycles. The van der Waals surface area contributed by atoms with Crippen LogP contribution >= 0.6 is 0 Å². The lowest BCUT2D eigenvalue weighted by Crippen LogP contribution is -2.31. The number of imide groups is 1. The third-order valence-corrected chi connectivity index (χ3v) is 4.39. The lowest BCUT2D eigenvalue weighted by atomic mass is 10.1. The van der Waals surface area contributed by atoms with Gasteiger partial charge >= 0.3 is 6.03 Å². The van der Waals surface area contributed by atoms with Crippen LogP contribution in [0, 0.1) is 5.82 Å². The highest BCUT2D eigenvalue weighted by Gasteiger charge is 2.38. The Balaban J connectivity index is 1.58. The number of hydrogen-bond acceptors (Lipinski definition) is 4. The fourth-order valence-corrected chi connectivity index (χ4v) is 2.96. The summed E-state index contributed by atoms with van der Waals surface area (Å²) >= 11 is 0. The molecule has 2 aromatic carbocycles. The van der Waals surface area contributed by atoms with Crippen LogP contribution in [-0.2, 0) is 9.59 Å². The van der Waals surface area contributed by atoms with Gasteiger partial charge in [-0.3, -0.25) is 9.59 Å². The van der Waals surface area contributed by atoms with Crippen LogP contribution in [0.25, 0.3) is 0 Å². The van der Waals surface area contributed by atoms with Gasteiger partial charge in [0.05, 0.1) is 18.0 Å². The van der Waals surface area contributed by atoms with Crippen LogP contribution in [0.2, 0.25) is 0 Å². The van der Waals surface area contributed by atoms with Crippen LogP contribution in [-0.4, -0.2) is 30.5 Å². The highest BCUT2D eigenvalue weighted by Crippen LogP contribution is 2.25. The first-order valence-corrected chi connectivity index (χ1v) is 9.41. The monoisotopic (exact) mass is 399 g/mol. The van der Waals surface area contributed by atoms with Gasteiger partial charge in [0.25, 0.3) is 5.91 Å². The molecule has 0 unspecified atom stereocenters. The Bertz CT molecular complexity index is 901. The van der Waals surface area contributed by atoms with Crippen molar-refractivity contribution in [2.75, 3.05) is 16.8 Å². The first kappa shape index (κ1) is 20.3. The molecule has 2 aromatic rings. The predicted molar refractivity (Wildman–Crippen MR) is 106 cm³/mol. The highest BCUT2D eigenvalue weighted by molar-refractivity contribution is 6.21. The van der Waals surface area contributed by atoms with Crippen molar-refractivity contribution in [3.63, 3.8) is 0 Å². The molecule has 0 radical (unpaired) electrons. The molecular weight excluding hydrogens is 377 g/mol. The number of nitrogens with one attached hydrogen (secondary N) is 2. The standard InChI is InChI=1S/C21H22FN3O4/c1-2-13-29-18-6-4-3-5-16(18)23-19(26)12-11-17-20(27)25(21(28)24-17)15-9-7-14(22)8-10-15/h3-10,17H,2,11-13H2,1H3,(H,23,26)(H,24,28)/t17-/m0/s1. The van der Waals surface area contributed by atoms with Crippen molar-refractivity contribution in [1.29, 1.82) is 0 Å². The number of nitrogens with zero attached hydrogens (tertiary/aromatic N) is 1. The number of urea groups is 1. The minimum absolute atomic E-state index is 0.0378. The van der Waals surface area contributed by atoms with Crippen molar-refractivity contribution in [1.82, 2.24) is 5.32 Å². The number of halogens is 1. The molecule has 0 saturated carbocycles. The Morgan fingerprint density at radius 1 is 1.17 bits per heavy atom. The number of carbonyl (C=O) groups is 3. The van der Waals surface area contributed by atoms with Crippen molar-refractivity contribution in [3.8, 4) is 5.75 Å². The van der Waals surface area contributed by atoms with Gasteiger partial charge in [0.2, 0.25) is 5.91 Å². The summed E-state index contributed by atoms with van der Waals surface area (Å²) in [5, 5.41) is 5.34. The van der Waals surface area contributed by atoms with E-state index < -0.39 is 23.8 Å². The number of carbonyl (C=O) groups excluding carboxylic acids is 3. The molecule has 29 heavy (non-hydrogen) atoms. The maximum Gasteiger partial charge on any atom is 0.329 e. The molecule has 3 rings (SSSR count). The number of hydrogen-bond donors (Lipinski definition) is 2. The molecule has 1 heterocycles. The van der Waals surface area contributed by atoms with Gasteiger partial charge in [-0.2, -0.15) is 0 Å². The van der Waals surface area contributed by atoms with E-state index >= 15 is 0 Å². The predicted octanol–water partition coefficient (Wildman–Crippen LogP) is 3.46. The van der Waals surface area contributed by atoms with Crippen LogP contribution in [0.4, 0.5) is 20.6 Å².